The molecule has 4 rings (SSSR count). The van der Waals surface area contributed by atoms with Crippen molar-refractivity contribution in [3.63, 3.8) is 0 Å². The lowest BCUT2D eigenvalue weighted by Gasteiger charge is -2.18. The molecule has 1 fully saturated rings. The molecule has 4 heteroatoms. The van der Waals surface area contributed by atoms with E-state index in [1.54, 1.807) is 19.2 Å². The van der Waals surface area contributed by atoms with Gasteiger partial charge >= 0.3 is 5.97 Å². The van der Waals surface area contributed by atoms with Gasteiger partial charge in [-0.2, -0.15) is 0 Å². The minimum Gasteiger partial charge on any atom is -0.493 e. The van der Waals surface area contributed by atoms with Gasteiger partial charge in [0, 0.05) is 0 Å². The summed E-state index contributed by atoms with van der Waals surface area (Å²) in [6.07, 6.45) is 6.80. The van der Waals surface area contributed by atoms with Gasteiger partial charge in [-0.05, 0) is 84.7 Å². The zero-order chi connectivity index (χ0) is 22.5. The van der Waals surface area contributed by atoms with E-state index in [-0.39, 0.29) is 6.10 Å². The van der Waals surface area contributed by atoms with Crippen LogP contribution in [0.5, 0.6) is 11.5 Å². The van der Waals surface area contributed by atoms with E-state index >= 15 is 0 Å². The third-order valence-electron chi connectivity index (χ3n) is 6.06. The lowest BCUT2D eigenvalue weighted by molar-refractivity contribution is 0.0696. The fraction of sp³-hybridized carbons (Fsp3) is 0.250. The van der Waals surface area contributed by atoms with Gasteiger partial charge in [-0.1, -0.05) is 48.5 Å². The van der Waals surface area contributed by atoms with Crippen molar-refractivity contribution in [3.05, 3.63) is 94.5 Å². The monoisotopic (exact) mass is 428 g/mol. The van der Waals surface area contributed by atoms with E-state index in [1.165, 1.54) is 12.8 Å². The fourth-order valence-electron chi connectivity index (χ4n) is 4.27. The molecule has 0 unspecified atom stereocenters. The molecular weight excluding hydrogens is 400 g/mol. The summed E-state index contributed by atoms with van der Waals surface area (Å²) in [4.78, 5) is 11.6. The maximum Gasteiger partial charge on any atom is 0.335 e. The molecular formula is C28H28O4. The van der Waals surface area contributed by atoms with Crippen molar-refractivity contribution in [1.29, 1.82) is 0 Å². The highest BCUT2D eigenvalue weighted by molar-refractivity contribution is 5.95. The Bertz CT molecular complexity index is 1130. The smallest absolute Gasteiger partial charge is 0.335 e. The highest BCUT2D eigenvalue weighted by Gasteiger charge is 2.19. The molecule has 0 saturated heterocycles. The van der Waals surface area contributed by atoms with Crippen LogP contribution in [0.3, 0.4) is 0 Å². The van der Waals surface area contributed by atoms with Gasteiger partial charge in [-0.3, -0.25) is 0 Å². The van der Waals surface area contributed by atoms with Crippen LogP contribution < -0.4 is 9.47 Å². The van der Waals surface area contributed by atoms with Gasteiger partial charge in [0.1, 0.15) is 0 Å². The average molecular weight is 429 g/mol. The van der Waals surface area contributed by atoms with E-state index in [4.69, 9.17) is 9.47 Å². The Morgan fingerprint density at radius 2 is 1.69 bits per heavy atom. The molecule has 0 atom stereocenters. The highest BCUT2D eigenvalue weighted by Crippen LogP contribution is 2.36. The first-order valence-corrected chi connectivity index (χ1v) is 11.0. The SMILES string of the molecule is COc1ccc(C(=Cc2cccc(C(=O)O)c2C)c2ccccc2)cc1OC1CCCC1. The van der Waals surface area contributed by atoms with E-state index < -0.39 is 5.97 Å². The molecule has 1 aliphatic rings. The molecule has 0 radical (unpaired) electrons. The Labute approximate surface area is 189 Å². The number of methoxy groups -OCH3 is 1. The topological polar surface area (TPSA) is 55.8 Å². The number of hydrogen-bond donors (Lipinski definition) is 1. The molecule has 1 saturated carbocycles. The summed E-state index contributed by atoms with van der Waals surface area (Å²) in [5.41, 5.74) is 4.96. The van der Waals surface area contributed by atoms with Crippen LogP contribution in [0.2, 0.25) is 0 Å². The van der Waals surface area contributed by atoms with Crippen molar-refractivity contribution in [2.45, 2.75) is 38.7 Å². The van der Waals surface area contributed by atoms with Gasteiger partial charge in [-0.25, -0.2) is 4.79 Å². The van der Waals surface area contributed by atoms with Crippen LogP contribution in [0, 0.1) is 6.92 Å². The maximum atomic E-state index is 11.6. The number of rotatable bonds is 7. The van der Waals surface area contributed by atoms with Gasteiger partial charge < -0.3 is 14.6 Å². The lowest BCUT2D eigenvalue weighted by atomic mass is 9.93. The predicted octanol–water partition coefficient (Wildman–Crippen LogP) is 6.61. The van der Waals surface area contributed by atoms with E-state index in [9.17, 15) is 9.90 Å². The van der Waals surface area contributed by atoms with Crippen LogP contribution in [0.1, 0.15) is 58.3 Å². The zero-order valence-corrected chi connectivity index (χ0v) is 18.5. The minimum atomic E-state index is -0.921. The van der Waals surface area contributed by atoms with Crippen LogP contribution in [-0.2, 0) is 0 Å². The van der Waals surface area contributed by atoms with Gasteiger partial charge in [0.15, 0.2) is 11.5 Å². The third-order valence-corrected chi connectivity index (χ3v) is 6.06. The molecule has 0 heterocycles. The summed E-state index contributed by atoms with van der Waals surface area (Å²) in [5.74, 6) is 0.544. The van der Waals surface area contributed by atoms with Crippen molar-refractivity contribution < 1.29 is 19.4 Å². The largest absolute Gasteiger partial charge is 0.493 e. The standard InChI is InChI=1S/C28H28O4/c1-19-21(11-8-14-24(19)28(29)30)17-25(20-9-4-3-5-10-20)22-15-16-26(31-2)27(18-22)32-23-12-6-7-13-23/h3-5,8-11,14-18,23H,6-7,12-13H2,1-2H3,(H,29,30). The molecule has 0 bridgehead atoms. The first-order valence-electron chi connectivity index (χ1n) is 11.0. The lowest BCUT2D eigenvalue weighted by Crippen LogP contribution is -2.11. The molecule has 1 N–H and O–H groups in total. The summed E-state index contributed by atoms with van der Waals surface area (Å²) in [6.45, 7) is 1.85. The second-order valence-corrected chi connectivity index (χ2v) is 8.14. The van der Waals surface area contributed by atoms with E-state index in [0.29, 0.717) is 5.56 Å². The Morgan fingerprint density at radius 1 is 0.938 bits per heavy atom. The number of aromatic carboxylic acids is 1. The first-order chi connectivity index (χ1) is 15.6. The minimum absolute atomic E-state index is 0.220. The van der Waals surface area contributed by atoms with E-state index in [0.717, 1.165) is 52.2 Å². The number of carbonyl (C=O) groups is 1. The summed E-state index contributed by atoms with van der Waals surface area (Å²) in [7, 11) is 1.66. The van der Waals surface area contributed by atoms with Crippen molar-refractivity contribution in [2.24, 2.45) is 0 Å². The van der Waals surface area contributed by atoms with Crippen molar-refractivity contribution in [1.82, 2.24) is 0 Å². The first kappa shape index (κ1) is 21.7. The average Bonchev–Trinajstić information content (AvgIpc) is 3.32. The molecule has 0 spiro atoms. The summed E-state index contributed by atoms with van der Waals surface area (Å²) >= 11 is 0. The summed E-state index contributed by atoms with van der Waals surface area (Å²) < 4.78 is 11.9. The number of hydrogen-bond acceptors (Lipinski definition) is 3. The normalized spacial score (nSPS) is 14.4. The van der Waals surface area contributed by atoms with Gasteiger partial charge in [-0.15, -0.1) is 0 Å². The second kappa shape index (κ2) is 9.73. The van der Waals surface area contributed by atoms with Crippen molar-refractivity contribution in [2.75, 3.05) is 7.11 Å². The molecule has 0 amide bonds. The molecule has 0 aliphatic heterocycles. The second-order valence-electron chi connectivity index (χ2n) is 8.14. The van der Waals surface area contributed by atoms with Crippen LogP contribution in [0.15, 0.2) is 66.7 Å². The Balaban J connectivity index is 1.83. The molecule has 32 heavy (non-hydrogen) atoms. The Morgan fingerprint density at radius 3 is 2.38 bits per heavy atom. The quantitative estimate of drug-likeness (QED) is 0.430. The predicted molar refractivity (Wildman–Crippen MR) is 127 cm³/mol. The molecule has 0 aromatic heterocycles. The van der Waals surface area contributed by atoms with Gasteiger partial charge in [0.05, 0.1) is 18.8 Å². The summed E-state index contributed by atoms with van der Waals surface area (Å²) in [6, 6.07) is 21.5. The maximum absolute atomic E-state index is 11.6. The molecule has 1 aliphatic carbocycles. The molecule has 3 aromatic rings. The summed E-state index contributed by atoms with van der Waals surface area (Å²) in [5, 5.41) is 9.54. The Hall–Kier alpha value is -3.53. The van der Waals surface area contributed by atoms with Gasteiger partial charge in [0.25, 0.3) is 0 Å². The molecule has 164 valence electrons. The van der Waals surface area contributed by atoms with E-state index in [2.05, 4.69) is 18.2 Å². The van der Waals surface area contributed by atoms with Crippen molar-refractivity contribution >= 4 is 17.6 Å². The molecule has 3 aromatic carbocycles. The fourth-order valence-corrected chi connectivity index (χ4v) is 4.27. The van der Waals surface area contributed by atoms with Crippen LogP contribution in [0.25, 0.3) is 11.6 Å². The number of carboxylic acids is 1. The van der Waals surface area contributed by atoms with E-state index in [1.807, 2.05) is 49.4 Å². The highest BCUT2D eigenvalue weighted by atomic mass is 16.5. The van der Waals surface area contributed by atoms with Crippen LogP contribution in [0.4, 0.5) is 0 Å². The number of ether oxygens (including phenoxy) is 2. The number of benzene rings is 3. The van der Waals surface area contributed by atoms with Gasteiger partial charge in [0.2, 0.25) is 0 Å². The number of carboxylic acid groups (broad SMARTS) is 1. The van der Waals surface area contributed by atoms with Crippen LogP contribution in [-0.4, -0.2) is 24.3 Å². The zero-order valence-electron chi connectivity index (χ0n) is 18.5. The molecule has 4 nitrogen and oxygen atoms in total. The van der Waals surface area contributed by atoms with Crippen LogP contribution >= 0.6 is 0 Å². The third kappa shape index (κ3) is 4.70. The Kier molecular flexibility index (Phi) is 6.60. The van der Waals surface area contributed by atoms with Crippen molar-refractivity contribution in [3.8, 4) is 11.5 Å².